The highest BCUT2D eigenvalue weighted by molar-refractivity contribution is 7.48. The Morgan fingerprint density at radius 2 is 1.63 bits per heavy atom. The predicted octanol–water partition coefficient (Wildman–Crippen LogP) is 6.07. The van der Waals surface area contributed by atoms with Crippen LogP contribution in [0.25, 0.3) is 0 Å². The summed E-state index contributed by atoms with van der Waals surface area (Å²) in [7, 11) is 2.39. The third-order valence-electron chi connectivity index (χ3n) is 5.39. The number of aliphatic imine (C=N–C) groups is 1. The van der Waals surface area contributed by atoms with Crippen LogP contribution in [0.5, 0.6) is 5.75 Å². The van der Waals surface area contributed by atoms with Gasteiger partial charge in [-0.2, -0.15) is 0 Å². The van der Waals surface area contributed by atoms with Crippen molar-refractivity contribution in [3.05, 3.63) is 58.7 Å². The van der Waals surface area contributed by atoms with Crippen LogP contribution in [0.3, 0.4) is 0 Å². The molecule has 2 aromatic rings. The van der Waals surface area contributed by atoms with Crippen molar-refractivity contribution in [1.29, 1.82) is 0 Å². The minimum absolute atomic E-state index is 0.0756. The third-order valence-corrected chi connectivity index (χ3v) is 7.57. The van der Waals surface area contributed by atoms with Gasteiger partial charge in [0.2, 0.25) is 0 Å². The van der Waals surface area contributed by atoms with E-state index >= 15 is 0 Å². The molecule has 0 spiro atoms. The summed E-state index contributed by atoms with van der Waals surface area (Å²) in [5, 5.41) is 12.5. The second-order valence-corrected chi connectivity index (χ2v) is 10.1. The number of hydrogen-bond acceptors (Lipinski definition) is 2. The van der Waals surface area contributed by atoms with Crippen molar-refractivity contribution in [1.82, 2.24) is 0 Å². The minimum atomic E-state index is -0.0893. The molecule has 0 aliphatic carbocycles. The molecule has 3 heteroatoms. The molecular weight excluding hydrogens is 349 g/mol. The zero-order valence-electron chi connectivity index (χ0n) is 17.9. The SMILES string of the molecule is CCC(CC)(Pc1ccccc1/C=N/C)c1cc(C)cc(C(C)(C)C)c1O. The van der Waals surface area contributed by atoms with E-state index in [9.17, 15) is 5.11 Å². The number of benzene rings is 2. The fraction of sp³-hybridized carbons (Fsp3) is 0.458. The lowest BCUT2D eigenvalue weighted by atomic mass is 9.81. The number of aryl methyl sites for hydroxylation is 1. The molecule has 1 N–H and O–H groups in total. The summed E-state index contributed by atoms with van der Waals surface area (Å²) in [5.41, 5.74) is 4.43. The zero-order chi connectivity index (χ0) is 20.2. The van der Waals surface area contributed by atoms with Crippen molar-refractivity contribution in [2.75, 3.05) is 7.05 Å². The van der Waals surface area contributed by atoms with Gasteiger partial charge in [0.25, 0.3) is 0 Å². The average Bonchev–Trinajstić information content (AvgIpc) is 2.62. The lowest BCUT2D eigenvalue weighted by Crippen LogP contribution is -2.24. The second kappa shape index (κ2) is 8.57. The van der Waals surface area contributed by atoms with Gasteiger partial charge in [0, 0.05) is 24.0 Å². The van der Waals surface area contributed by atoms with Gasteiger partial charge in [-0.05, 0) is 41.6 Å². The Hall–Kier alpha value is -1.66. The van der Waals surface area contributed by atoms with Crippen molar-refractivity contribution >= 4 is 20.1 Å². The van der Waals surface area contributed by atoms with Crippen LogP contribution in [0.15, 0.2) is 41.4 Å². The molecule has 0 saturated heterocycles. The molecule has 0 bridgehead atoms. The number of hydrogen-bond donors (Lipinski definition) is 1. The van der Waals surface area contributed by atoms with Crippen LogP contribution in [0.2, 0.25) is 0 Å². The third kappa shape index (κ3) is 4.61. The predicted molar refractivity (Wildman–Crippen MR) is 122 cm³/mol. The van der Waals surface area contributed by atoms with E-state index in [4.69, 9.17) is 0 Å². The molecule has 0 heterocycles. The van der Waals surface area contributed by atoms with E-state index in [2.05, 4.69) is 82.9 Å². The highest BCUT2D eigenvalue weighted by Crippen LogP contribution is 2.52. The summed E-state index contributed by atoms with van der Waals surface area (Å²) < 4.78 is 0. The first-order valence-electron chi connectivity index (χ1n) is 9.82. The summed E-state index contributed by atoms with van der Waals surface area (Å²) in [6.07, 6.45) is 3.91. The van der Waals surface area contributed by atoms with Gasteiger partial charge >= 0.3 is 0 Å². The van der Waals surface area contributed by atoms with Gasteiger partial charge in [0.1, 0.15) is 5.75 Å². The molecule has 27 heavy (non-hydrogen) atoms. The maximum absolute atomic E-state index is 11.3. The topological polar surface area (TPSA) is 32.6 Å². The van der Waals surface area contributed by atoms with Crippen LogP contribution in [-0.4, -0.2) is 18.4 Å². The first-order valence-corrected chi connectivity index (χ1v) is 10.8. The molecule has 0 radical (unpaired) electrons. The highest BCUT2D eigenvalue weighted by Gasteiger charge is 2.34. The van der Waals surface area contributed by atoms with Crippen molar-refractivity contribution in [2.45, 2.75) is 65.0 Å². The lowest BCUT2D eigenvalue weighted by Gasteiger charge is -2.36. The van der Waals surface area contributed by atoms with Crippen LogP contribution < -0.4 is 5.30 Å². The largest absolute Gasteiger partial charge is 0.507 e. The number of nitrogens with zero attached hydrogens (tertiary/aromatic N) is 1. The van der Waals surface area contributed by atoms with Crippen molar-refractivity contribution in [3.8, 4) is 5.75 Å². The van der Waals surface area contributed by atoms with Gasteiger partial charge < -0.3 is 5.11 Å². The Labute approximate surface area is 166 Å². The van der Waals surface area contributed by atoms with Gasteiger partial charge in [0.15, 0.2) is 0 Å². The summed E-state index contributed by atoms with van der Waals surface area (Å²) in [6.45, 7) is 13.1. The lowest BCUT2D eigenvalue weighted by molar-refractivity contribution is 0.424. The first-order chi connectivity index (χ1) is 12.7. The van der Waals surface area contributed by atoms with Crippen molar-refractivity contribution < 1.29 is 5.11 Å². The molecule has 0 saturated carbocycles. The van der Waals surface area contributed by atoms with Gasteiger partial charge in [-0.25, -0.2) is 0 Å². The number of phenols is 1. The normalized spacial score (nSPS) is 13.1. The van der Waals surface area contributed by atoms with Crippen LogP contribution >= 0.6 is 8.58 Å². The number of phenolic OH excluding ortho intramolecular Hbond substituents is 1. The highest BCUT2D eigenvalue weighted by atomic mass is 31.1. The molecule has 0 amide bonds. The van der Waals surface area contributed by atoms with Crippen molar-refractivity contribution in [3.63, 3.8) is 0 Å². The van der Waals surface area contributed by atoms with E-state index in [1.54, 1.807) is 0 Å². The van der Waals surface area contributed by atoms with Crippen LogP contribution in [-0.2, 0) is 10.6 Å². The fourth-order valence-electron chi connectivity index (χ4n) is 3.71. The molecule has 2 rings (SSSR count). The Morgan fingerprint density at radius 3 is 2.19 bits per heavy atom. The van der Waals surface area contributed by atoms with Gasteiger partial charge in [0.05, 0.1) is 0 Å². The maximum Gasteiger partial charge on any atom is 0.123 e. The quantitative estimate of drug-likeness (QED) is 0.477. The standard InChI is InChI=1S/C24H34NOP/c1-8-24(9-2,27-21-13-11-10-12-18(21)16-25-7)20-15-17(3)14-19(22(20)26)23(4,5)6/h10-16,26-27H,8-9H2,1-7H3/b25-16+. The second-order valence-electron chi connectivity index (χ2n) is 8.35. The monoisotopic (exact) mass is 383 g/mol. The molecule has 0 aromatic heterocycles. The minimum Gasteiger partial charge on any atom is -0.507 e. The van der Waals surface area contributed by atoms with Gasteiger partial charge in [-0.15, -0.1) is 0 Å². The smallest absolute Gasteiger partial charge is 0.123 e. The van der Waals surface area contributed by atoms with E-state index in [1.165, 1.54) is 16.4 Å². The van der Waals surface area contributed by atoms with E-state index in [-0.39, 0.29) is 10.6 Å². The summed E-state index contributed by atoms with van der Waals surface area (Å²) in [4.78, 5) is 4.23. The van der Waals surface area contributed by atoms with Crippen LogP contribution in [0.1, 0.15) is 69.7 Å². The van der Waals surface area contributed by atoms with Gasteiger partial charge in [-0.1, -0.05) is 85.2 Å². The maximum atomic E-state index is 11.3. The van der Waals surface area contributed by atoms with E-state index < -0.39 is 0 Å². The fourth-order valence-corrected chi connectivity index (χ4v) is 5.38. The number of aromatic hydroxyl groups is 1. The summed E-state index contributed by atoms with van der Waals surface area (Å²) in [5.74, 6) is 0.478. The van der Waals surface area contributed by atoms with Crippen molar-refractivity contribution in [2.24, 2.45) is 4.99 Å². The summed E-state index contributed by atoms with van der Waals surface area (Å²) >= 11 is 0. The molecule has 1 unspecified atom stereocenters. The average molecular weight is 384 g/mol. The number of rotatable bonds is 6. The van der Waals surface area contributed by atoms with E-state index in [0.29, 0.717) is 14.3 Å². The Kier molecular flexibility index (Phi) is 6.87. The zero-order valence-corrected chi connectivity index (χ0v) is 18.9. The van der Waals surface area contributed by atoms with Crippen LogP contribution in [0, 0.1) is 6.92 Å². The Morgan fingerprint density at radius 1 is 1.04 bits per heavy atom. The Balaban J connectivity index is 2.66. The molecule has 2 nitrogen and oxygen atoms in total. The summed E-state index contributed by atoms with van der Waals surface area (Å²) in [6, 6.07) is 12.8. The molecular formula is C24H34NOP. The van der Waals surface area contributed by atoms with Crippen LogP contribution in [0.4, 0.5) is 0 Å². The van der Waals surface area contributed by atoms with E-state index in [1.807, 2.05) is 13.3 Å². The molecule has 1 atom stereocenters. The Bertz CT molecular complexity index is 814. The van der Waals surface area contributed by atoms with E-state index in [0.717, 1.165) is 24.0 Å². The molecule has 0 aliphatic heterocycles. The molecule has 146 valence electrons. The molecule has 2 aromatic carbocycles. The molecule has 0 fully saturated rings. The molecule has 0 aliphatic rings. The first kappa shape index (κ1) is 21.6. The van der Waals surface area contributed by atoms with Gasteiger partial charge in [-0.3, -0.25) is 4.99 Å².